The first-order valence-corrected chi connectivity index (χ1v) is 5.03. The quantitative estimate of drug-likeness (QED) is 0.658. The molecule has 0 saturated carbocycles. The second kappa shape index (κ2) is 7.10. The lowest BCUT2D eigenvalue weighted by molar-refractivity contribution is 0.0503. The maximum atomic E-state index is 8.01. The zero-order valence-corrected chi connectivity index (χ0v) is 9.74. The highest BCUT2D eigenvalue weighted by Crippen LogP contribution is 2.23. The maximum absolute atomic E-state index is 8.01. The minimum atomic E-state index is -1.49. The second-order valence-electron chi connectivity index (χ2n) is 2.69. The van der Waals surface area contributed by atoms with Crippen molar-refractivity contribution in [1.82, 2.24) is 4.90 Å². The molecular weight excluding hydrogens is 236 g/mol. The SMILES string of the molecule is CN1CCOCC1.OCC(Cl)(Cl)Cl. The topological polar surface area (TPSA) is 32.7 Å². The number of alkyl halides is 3. The van der Waals surface area contributed by atoms with E-state index in [1.165, 1.54) is 0 Å². The number of hydrogen-bond acceptors (Lipinski definition) is 3. The van der Waals surface area contributed by atoms with E-state index >= 15 is 0 Å². The summed E-state index contributed by atoms with van der Waals surface area (Å²) in [5, 5.41) is 8.01. The van der Waals surface area contributed by atoms with Gasteiger partial charge in [0.05, 0.1) is 19.8 Å². The maximum Gasteiger partial charge on any atom is 0.213 e. The predicted molar refractivity (Wildman–Crippen MR) is 55.7 cm³/mol. The van der Waals surface area contributed by atoms with Gasteiger partial charge in [-0.1, -0.05) is 34.8 Å². The van der Waals surface area contributed by atoms with Crippen LogP contribution in [0, 0.1) is 0 Å². The van der Waals surface area contributed by atoms with E-state index in [-0.39, 0.29) is 0 Å². The molecule has 1 fully saturated rings. The highest BCUT2D eigenvalue weighted by atomic mass is 35.6. The number of nitrogens with zero attached hydrogens (tertiary/aromatic N) is 1. The van der Waals surface area contributed by atoms with Gasteiger partial charge in [0.15, 0.2) is 0 Å². The van der Waals surface area contributed by atoms with Gasteiger partial charge in [0.2, 0.25) is 3.79 Å². The molecular formula is C7H14Cl3NO2. The van der Waals surface area contributed by atoms with Gasteiger partial charge >= 0.3 is 0 Å². The molecule has 1 rings (SSSR count). The van der Waals surface area contributed by atoms with Crippen LogP contribution in [0.15, 0.2) is 0 Å². The van der Waals surface area contributed by atoms with Crippen LogP contribution in [-0.2, 0) is 4.74 Å². The Morgan fingerprint density at radius 2 is 1.69 bits per heavy atom. The van der Waals surface area contributed by atoms with Crippen LogP contribution < -0.4 is 0 Å². The third kappa shape index (κ3) is 10.7. The summed E-state index contributed by atoms with van der Waals surface area (Å²) in [6, 6.07) is 0. The monoisotopic (exact) mass is 249 g/mol. The van der Waals surface area contributed by atoms with Crippen LogP contribution in [0.5, 0.6) is 0 Å². The van der Waals surface area contributed by atoms with E-state index in [9.17, 15) is 0 Å². The summed E-state index contributed by atoms with van der Waals surface area (Å²) in [5.74, 6) is 0. The number of aliphatic hydroxyl groups is 1. The summed E-state index contributed by atoms with van der Waals surface area (Å²) in [6.45, 7) is 3.59. The van der Waals surface area contributed by atoms with Crippen LogP contribution in [0.4, 0.5) is 0 Å². The normalized spacial score (nSPS) is 19.2. The third-order valence-electron chi connectivity index (χ3n) is 1.41. The smallest absolute Gasteiger partial charge is 0.213 e. The summed E-state index contributed by atoms with van der Waals surface area (Å²) < 4.78 is 3.61. The van der Waals surface area contributed by atoms with Gasteiger partial charge in [-0.2, -0.15) is 0 Å². The van der Waals surface area contributed by atoms with Crippen molar-refractivity contribution in [2.24, 2.45) is 0 Å². The predicted octanol–water partition coefficient (Wildman–Crippen LogP) is 1.30. The average molecular weight is 251 g/mol. The molecule has 0 aromatic heterocycles. The molecule has 1 heterocycles. The van der Waals surface area contributed by atoms with E-state index in [0.717, 1.165) is 26.3 Å². The molecule has 0 bridgehead atoms. The number of likely N-dealkylation sites (N-methyl/N-ethyl adjacent to an activating group) is 1. The molecule has 0 aliphatic carbocycles. The summed E-state index contributed by atoms with van der Waals surface area (Å²) in [6.07, 6.45) is 0. The summed E-state index contributed by atoms with van der Waals surface area (Å²) >= 11 is 15.0. The van der Waals surface area contributed by atoms with Crippen molar-refractivity contribution in [1.29, 1.82) is 0 Å². The fourth-order valence-electron chi connectivity index (χ4n) is 0.655. The highest BCUT2D eigenvalue weighted by molar-refractivity contribution is 6.67. The third-order valence-corrected chi connectivity index (χ3v) is 1.77. The first kappa shape index (κ1) is 13.8. The molecule has 1 aliphatic heterocycles. The van der Waals surface area contributed by atoms with Crippen molar-refractivity contribution in [2.45, 2.75) is 3.79 Å². The molecule has 1 saturated heterocycles. The molecule has 3 nitrogen and oxygen atoms in total. The van der Waals surface area contributed by atoms with Crippen LogP contribution in [0.25, 0.3) is 0 Å². The summed E-state index contributed by atoms with van der Waals surface area (Å²) in [5.41, 5.74) is 0. The van der Waals surface area contributed by atoms with Gasteiger partial charge < -0.3 is 14.7 Å². The summed E-state index contributed by atoms with van der Waals surface area (Å²) in [4.78, 5) is 2.27. The largest absolute Gasteiger partial charge is 0.392 e. The van der Waals surface area contributed by atoms with Gasteiger partial charge in [0, 0.05) is 13.1 Å². The van der Waals surface area contributed by atoms with Gasteiger partial charge in [-0.25, -0.2) is 0 Å². The molecule has 1 N–H and O–H groups in total. The van der Waals surface area contributed by atoms with Gasteiger partial charge in [-0.3, -0.25) is 0 Å². The van der Waals surface area contributed by atoms with Gasteiger partial charge in [0.25, 0.3) is 0 Å². The van der Waals surface area contributed by atoms with E-state index in [0.29, 0.717) is 0 Å². The Kier molecular flexibility index (Phi) is 7.51. The van der Waals surface area contributed by atoms with E-state index < -0.39 is 10.4 Å². The highest BCUT2D eigenvalue weighted by Gasteiger charge is 2.16. The minimum Gasteiger partial charge on any atom is -0.392 e. The zero-order chi connectivity index (χ0) is 10.3. The molecule has 0 aromatic rings. The fraction of sp³-hybridized carbons (Fsp3) is 1.00. The van der Waals surface area contributed by atoms with Crippen LogP contribution in [0.2, 0.25) is 0 Å². The molecule has 13 heavy (non-hydrogen) atoms. The summed E-state index contributed by atoms with van der Waals surface area (Å²) in [7, 11) is 2.11. The molecule has 6 heteroatoms. The standard InChI is InChI=1S/C5H11NO.C2H3Cl3O/c1-6-2-4-7-5-3-6;3-2(4,5)1-6/h2-5H2,1H3;6H,1H2. The Hall–Kier alpha value is 0.750. The second-order valence-corrected chi connectivity index (χ2v) is 5.21. The van der Waals surface area contributed by atoms with Crippen molar-refractivity contribution in [3.8, 4) is 0 Å². The molecule has 0 unspecified atom stereocenters. The number of hydrogen-bond donors (Lipinski definition) is 1. The first-order chi connectivity index (χ1) is 5.95. The molecule has 0 spiro atoms. The lowest BCUT2D eigenvalue weighted by Gasteiger charge is -2.21. The fourth-order valence-corrected chi connectivity index (χ4v) is 0.655. The van der Waals surface area contributed by atoms with Crippen LogP contribution in [0.1, 0.15) is 0 Å². The Balaban J connectivity index is 0.000000226. The van der Waals surface area contributed by atoms with E-state index in [2.05, 4.69) is 11.9 Å². The molecule has 80 valence electrons. The van der Waals surface area contributed by atoms with E-state index in [1.54, 1.807) is 0 Å². The number of rotatable bonds is 0. The Morgan fingerprint density at radius 3 is 1.85 bits per heavy atom. The Labute approximate surface area is 93.5 Å². The van der Waals surface area contributed by atoms with Crippen molar-refractivity contribution in [2.75, 3.05) is 40.0 Å². The number of ether oxygens (including phenoxy) is 1. The van der Waals surface area contributed by atoms with E-state index in [4.69, 9.17) is 44.6 Å². The number of morpholine rings is 1. The molecule has 1 aliphatic rings. The molecule has 0 aromatic carbocycles. The van der Waals surface area contributed by atoms with Crippen molar-refractivity contribution >= 4 is 34.8 Å². The van der Waals surface area contributed by atoms with Gasteiger partial charge in [0.1, 0.15) is 0 Å². The van der Waals surface area contributed by atoms with Crippen LogP contribution in [0.3, 0.4) is 0 Å². The average Bonchev–Trinajstić information content (AvgIpc) is 2.06. The lowest BCUT2D eigenvalue weighted by atomic mass is 10.5. The zero-order valence-electron chi connectivity index (χ0n) is 7.47. The lowest BCUT2D eigenvalue weighted by Crippen LogP contribution is -2.32. The van der Waals surface area contributed by atoms with Crippen molar-refractivity contribution in [3.63, 3.8) is 0 Å². The minimum absolute atomic E-state index is 0.433. The Morgan fingerprint density at radius 1 is 1.31 bits per heavy atom. The van der Waals surface area contributed by atoms with Gasteiger partial charge in [-0.05, 0) is 7.05 Å². The van der Waals surface area contributed by atoms with Gasteiger partial charge in [-0.15, -0.1) is 0 Å². The number of halogens is 3. The molecule has 0 amide bonds. The number of aliphatic hydroxyl groups excluding tert-OH is 1. The van der Waals surface area contributed by atoms with Crippen molar-refractivity contribution < 1.29 is 9.84 Å². The van der Waals surface area contributed by atoms with Crippen LogP contribution >= 0.6 is 34.8 Å². The Bertz CT molecular complexity index is 123. The molecule has 0 radical (unpaired) electrons. The van der Waals surface area contributed by atoms with E-state index in [1.807, 2.05) is 0 Å². The molecule has 0 atom stereocenters. The van der Waals surface area contributed by atoms with Crippen molar-refractivity contribution in [3.05, 3.63) is 0 Å². The first-order valence-electron chi connectivity index (χ1n) is 3.89. The van der Waals surface area contributed by atoms with Crippen LogP contribution in [-0.4, -0.2) is 53.8 Å².